The molecule has 2 N–H and O–H groups in total. The van der Waals surface area contributed by atoms with Crippen LogP contribution < -0.4 is 0 Å². The van der Waals surface area contributed by atoms with Gasteiger partial charge in [-0.3, -0.25) is 4.68 Å². The summed E-state index contributed by atoms with van der Waals surface area (Å²) in [6, 6.07) is 14.6. The first-order valence-corrected chi connectivity index (χ1v) is 6.90. The molecule has 108 valence electrons. The van der Waals surface area contributed by atoms with Gasteiger partial charge in [-0.15, -0.1) is 0 Å². The first-order chi connectivity index (χ1) is 9.97. The molecule has 0 bridgehead atoms. The summed E-state index contributed by atoms with van der Waals surface area (Å²) < 4.78 is 1.83. The average Bonchev–Trinajstić information content (AvgIpc) is 2.76. The highest BCUT2D eigenvalue weighted by Gasteiger charge is 2.26. The third-order valence-electron chi connectivity index (χ3n) is 3.84. The van der Waals surface area contributed by atoms with E-state index in [4.69, 9.17) is 0 Å². The number of aromatic nitrogens is 2. The lowest BCUT2D eigenvalue weighted by atomic mass is 9.90. The molecule has 0 spiro atoms. The van der Waals surface area contributed by atoms with Crippen LogP contribution >= 0.6 is 0 Å². The summed E-state index contributed by atoms with van der Waals surface area (Å²) in [7, 11) is 1.90. The van der Waals surface area contributed by atoms with Gasteiger partial charge in [-0.2, -0.15) is 5.10 Å². The number of fused-ring (bicyclic) bond motifs is 1. The van der Waals surface area contributed by atoms with E-state index in [0.29, 0.717) is 6.42 Å². The van der Waals surface area contributed by atoms with Gasteiger partial charge in [0.2, 0.25) is 0 Å². The van der Waals surface area contributed by atoms with E-state index in [2.05, 4.69) is 5.10 Å². The Balaban J connectivity index is 1.99. The van der Waals surface area contributed by atoms with E-state index in [-0.39, 0.29) is 5.75 Å². The van der Waals surface area contributed by atoms with Gasteiger partial charge in [0.05, 0.1) is 16.8 Å². The summed E-state index contributed by atoms with van der Waals surface area (Å²) in [5, 5.41) is 25.7. The van der Waals surface area contributed by atoms with Gasteiger partial charge < -0.3 is 10.2 Å². The predicted octanol–water partition coefficient (Wildman–Crippen LogP) is 2.73. The zero-order valence-electron chi connectivity index (χ0n) is 12.1. The van der Waals surface area contributed by atoms with E-state index in [1.807, 2.05) is 36.0 Å². The van der Waals surface area contributed by atoms with Crippen molar-refractivity contribution in [3.05, 3.63) is 59.8 Å². The molecule has 1 unspecified atom stereocenters. The molecule has 0 aliphatic carbocycles. The lowest BCUT2D eigenvalue weighted by molar-refractivity contribution is 0.0567. The number of aliphatic hydroxyl groups is 1. The summed E-state index contributed by atoms with van der Waals surface area (Å²) in [5.41, 5.74) is 1.64. The molecule has 4 nitrogen and oxygen atoms in total. The molecule has 0 saturated heterocycles. The minimum Gasteiger partial charge on any atom is -0.508 e. The Hall–Kier alpha value is -2.33. The number of aromatic hydroxyl groups is 1. The van der Waals surface area contributed by atoms with Crippen molar-refractivity contribution in [1.82, 2.24) is 9.78 Å². The highest BCUT2D eigenvalue weighted by Crippen LogP contribution is 2.29. The Labute approximate surface area is 123 Å². The fourth-order valence-electron chi connectivity index (χ4n) is 2.67. The molecule has 21 heavy (non-hydrogen) atoms. The second-order valence-electron chi connectivity index (χ2n) is 5.58. The lowest BCUT2D eigenvalue weighted by Gasteiger charge is -2.23. The Morgan fingerprint density at radius 2 is 1.76 bits per heavy atom. The van der Waals surface area contributed by atoms with Gasteiger partial charge in [0.15, 0.2) is 0 Å². The van der Waals surface area contributed by atoms with Crippen LogP contribution in [0.4, 0.5) is 0 Å². The topological polar surface area (TPSA) is 58.3 Å². The number of aryl methyl sites for hydroxylation is 1. The number of rotatable bonds is 3. The number of hydrogen-bond acceptors (Lipinski definition) is 3. The van der Waals surface area contributed by atoms with Crippen molar-refractivity contribution >= 4 is 10.9 Å². The third-order valence-corrected chi connectivity index (χ3v) is 3.84. The summed E-state index contributed by atoms with van der Waals surface area (Å²) in [6.45, 7) is 1.77. The number of para-hydroxylation sites is 1. The summed E-state index contributed by atoms with van der Waals surface area (Å²) in [4.78, 5) is 0. The van der Waals surface area contributed by atoms with Crippen LogP contribution in [0.25, 0.3) is 10.9 Å². The molecule has 1 heterocycles. The van der Waals surface area contributed by atoms with Gasteiger partial charge in [-0.05, 0) is 30.7 Å². The first-order valence-electron chi connectivity index (χ1n) is 6.90. The second kappa shape index (κ2) is 4.90. The molecule has 0 radical (unpaired) electrons. The molecule has 0 aliphatic heterocycles. The standard InChI is InChI=1S/C17H18N2O2/c1-17(21,12-7-9-13(20)10-8-12)11-15-14-5-3-4-6-16(14)19(2)18-15/h3-10,20-21H,11H2,1-2H3. The van der Waals surface area contributed by atoms with Crippen molar-refractivity contribution in [3.8, 4) is 5.75 Å². The van der Waals surface area contributed by atoms with Crippen molar-refractivity contribution < 1.29 is 10.2 Å². The fourth-order valence-corrected chi connectivity index (χ4v) is 2.67. The SMILES string of the molecule is Cn1nc(CC(C)(O)c2ccc(O)cc2)c2ccccc21. The predicted molar refractivity (Wildman–Crippen MR) is 82.1 cm³/mol. The Morgan fingerprint density at radius 3 is 2.48 bits per heavy atom. The molecule has 0 aliphatic rings. The quantitative estimate of drug-likeness (QED) is 0.776. The smallest absolute Gasteiger partial charge is 0.115 e. The van der Waals surface area contributed by atoms with Crippen molar-refractivity contribution in [2.24, 2.45) is 7.05 Å². The molecule has 4 heteroatoms. The minimum absolute atomic E-state index is 0.192. The monoisotopic (exact) mass is 282 g/mol. The zero-order chi connectivity index (χ0) is 15.0. The zero-order valence-corrected chi connectivity index (χ0v) is 12.1. The molecular weight excluding hydrogens is 264 g/mol. The van der Waals surface area contributed by atoms with Crippen LogP contribution in [-0.4, -0.2) is 20.0 Å². The molecule has 3 aromatic rings. The Morgan fingerprint density at radius 1 is 1.10 bits per heavy atom. The van der Waals surface area contributed by atoms with Crippen LogP contribution in [0.3, 0.4) is 0 Å². The fraction of sp³-hybridized carbons (Fsp3) is 0.235. The second-order valence-corrected chi connectivity index (χ2v) is 5.58. The van der Waals surface area contributed by atoms with Gasteiger partial charge in [0, 0.05) is 18.9 Å². The number of hydrogen-bond donors (Lipinski definition) is 2. The number of phenolic OH excluding ortho intramolecular Hbond substituents is 1. The summed E-state index contributed by atoms with van der Waals surface area (Å²) >= 11 is 0. The van der Waals surface area contributed by atoms with Gasteiger partial charge in [-0.25, -0.2) is 0 Å². The molecular formula is C17H18N2O2. The molecule has 0 amide bonds. The molecule has 0 saturated carbocycles. The maximum atomic E-state index is 10.8. The van der Waals surface area contributed by atoms with Gasteiger partial charge in [0.25, 0.3) is 0 Å². The average molecular weight is 282 g/mol. The first kappa shape index (κ1) is 13.6. The Bertz CT molecular complexity index is 773. The maximum absolute atomic E-state index is 10.8. The van der Waals surface area contributed by atoms with Crippen LogP contribution in [0.15, 0.2) is 48.5 Å². The van der Waals surface area contributed by atoms with Crippen molar-refractivity contribution in [3.63, 3.8) is 0 Å². The number of benzene rings is 2. The molecule has 2 aromatic carbocycles. The number of phenols is 1. The minimum atomic E-state index is -1.04. The van der Waals surface area contributed by atoms with Gasteiger partial charge in [0.1, 0.15) is 5.75 Å². The van der Waals surface area contributed by atoms with Crippen LogP contribution in [0.5, 0.6) is 5.75 Å². The summed E-state index contributed by atoms with van der Waals surface area (Å²) in [5.74, 6) is 0.192. The van der Waals surface area contributed by atoms with E-state index in [1.54, 1.807) is 31.2 Å². The lowest BCUT2D eigenvalue weighted by Crippen LogP contribution is -2.24. The maximum Gasteiger partial charge on any atom is 0.115 e. The van der Waals surface area contributed by atoms with Crippen LogP contribution in [0.1, 0.15) is 18.2 Å². The van der Waals surface area contributed by atoms with E-state index >= 15 is 0 Å². The summed E-state index contributed by atoms with van der Waals surface area (Å²) in [6.07, 6.45) is 0.416. The van der Waals surface area contributed by atoms with E-state index in [9.17, 15) is 10.2 Å². The van der Waals surface area contributed by atoms with E-state index < -0.39 is 5.60 Å². The largest absolute Gasteiger partial charge is 0.508 e. The van der Waals surface area contributed by atoms with E-state index in [1.165, 1.54) is 0 Å². The van der Waals surface area contributed by atoms with Crippen LogP contribution in [0, 0.1) is 0 Å². The van der Waals surface area contributed by atoms with Crippen LogP contribution in [-0.2, 0) is 19.1 Å². The van der Waals surface area contributed by atoms with Crippen molar-refractivity contribution in [2.75, 3.05) is 0 Å². The van der Waals surface area contributed by atoms with Crippen LogP contribution in [0.2, 0.25) is 0 Å². The van der Waals surface area contributed by atoms with Crippen molar-refractivity contribution in [1.29, 1.82) is 0 Å². The molecule has 3 rings (SSSR count). The van der Waals surface area contributed by atoms with E-state index in [0.717, 1.165) is 22.2 Å². The Kier molecular flexibility index (Phi) is 3.18. The van der Waals surface area contributed by atoms with Crippen molar-refractivity contribution in [2.45, 2.75) is 18.9 Å². The highest BCUT2D eigenvalue weighted by molar-refractivity contribution is 5.82. The molecule has 1 aromatic heterocycles. The number of nitrogens with zero attached hydrogens (tertiary/aromatic N) is 2. The highest BCUT2D eigenvalue weighted by atomic mass is 16.3. The van der Waals surface area contributed by atoms with Gasteiger partial charge in [-0.1, -0.05) is 30.3 Å². The van der Waals surface area contributed by atoms with Gasteiger partial charge >= 0.3 is 0 Å². The third kappa shape index (κ3) is 2.50. The molecule has 0 fully saturated rings. The molecule has 1 atom stereocenters. The normalized spacial score (nSPS) is 14.2.